The summed E-state index contributed by atoms with van der Waals surface area (Å²) in [5, 5.41) is 21.7. The van der Waals surface area contributed by atoms with Crippen LogP contribution in [0.25, 0.3) is 11.1 Å². The van der Waals surface area contributed by atoms with Crippen molar-refractivity contribution in [3.8, 4) is 22.9 Å². The predicted octanol–water partition coefficient (Wildman–Crippen LogP) is 4.30. The second kappa shape index (κ2) is 12.0. The highest BCUT2D eigenvalue weighted by atomic mass is 32.2. The fraction of sp³-hybridized carbons (Fsp3) is 0.310. The number of carbonyl (C=O) groups excluding carboxylic acids is 1. The molecule has 4 rings (SSSR count). The van der Waals surface area contributed by atoms with Crippen molar-refractivity contribution < 1.29 is 27.4 Å². The largest absolute Gasteiger partial charge is 0.487 e. The molecule has 210 valence electrons. The number of aliphatic hydroxyl groups excluding tert-OH is 1. The van der Waals surface area contributed by atoms with Crippen LogP contribution < -0.4 is 10.1 Å². The van der Waals surface area contributed by atoms with Gasteiger partial charge in [0.25, 0.3) is 0 Å². The number of halogens is 1. The maximum Gasteiger partial charge on any atom is 0.321 e. The van der Waals surface area contributed by atoms with E-state index in [4.69, 9.17) is 4.74 Å². The maximum atomic E-state index is 14.1. The van der Waals surface area contributed by atoms with Crippen molar-refractivity contribution in [1.29, 1.82) is 5.26 Å². The Balaban J connectivity index is 1.71. The molecule has 3 atom stereocenters. The van der Waals surface area contributed by atoms with Gasteiger partial charge in [0, 0.05) is 25.6 Å². The lowest BCUT2D eigenvalue weighted by atomic mass is 10.0. The van der Waals surface area contributed by atoms with E-state index in [0.717, 1.165) is 0 Å². The lowest BCUT2D eigenvalue weighted by Crippen LogP contribution is -2.50. The van der Waals surface area contributed by atoms with Gasteiger partial charge in [-0.15, -0.1) is 0 Å². The molecule has 1 heterocycles. The van der Waals surface area contributed by atoms with Gasteiger partial charge in [0.2, 0.25) is 10.0 Å². The quantitative estimate of drug-likeness (QED) is 0.459. The van der Waals surface area contributed by atoms with E-state index in [1.54, 1.807) is 56.4 Å². The first kappa shape index (κ1) is 29.0. The summed E-state index contributed by atoms with van der Waals surface area (Å²) in [4.78, 5) is 14.2. The van der Waals surface area contributed by atoms with E-state index >= 15 is 0 Å². The molecule has 1 aliphatic heterocycles. The minimum absolute atomic E-state index is 0.0367. The first-order valence-electron chi connectivity index (χ1n) is 12.8. The van der Waals surface area contributed by atoms with Gasteiger partial charge in [-0.2, -0.15) is 9.57 Å². The second-order valence-electron chi connectivity index (χ2n) is 9.88. The Bertz CT molecular complexity index is 1540. The minimum Gasteiger partial charge on any atom is -0.487 e. The monoisotopic (exact) mass is 566 g/mol. The van der Waals surface area contributed by atoms with E-state index in [9.17, 15) is 28.0 Å². The number of carbonyl (C=O) groups is 1. The van der Waals surface area contributed by atoms with Gasteiger partial charge in [0.05, 0.1) is 30.5 Å². The van der Waals surface area contributed by atoms with Gasteiger partial charge in [0.15, 0.2) is 0 Å². The van der Waals surface area contributed by atoms with Crippen molar-refractivity contribution in [3.05, 3.63) is 78.1 Å². The summed E-state index contributed by atoms with van der Waals surface area (Å²) < 4.78 is 49.1. The van der Waals surface area contributed by atoms with E-state index in [0.29, 0.717) is 16.7 Å². The van der Waals surface area contributed by atoms with Crippen molar-refractivity contribution >= 4 is 21.7 Å². The van der Waals surface area contributed by atoms with Crippen LogP contribution in [-0.2, 0) is 10.0 Å². The molecular weight excluding hydrogens is 535 g/mol. The van der Waals surface area contributed by atoms with E-state index in [1.807, 2.05) is 6.92 Å². The van der Waals surface area contributed by atoms with Crippen molar-refractivity contribution in [2.45, 2.75) is 30.9 Å². The molecule has 0 aromatic heterocycles. The number of hydrogen-bond donors (Lipinski definition) is 2. The number of likely N-dealkylation sites (N-methyl/N-ethyl adjacent to an activating group) is 1. The molecule has 0 spiro atoms. The number of fused-ring (bicyclic) bond motifs is 1. The van der Waals surface area contributed by atoms with Crippen LogP contribution in [0.5, 0.6) is 5.75 Å². The van der Waals surface area contributed by atoms with Crippen molar-refractivity contribution in [1.82, 2.24) is 9.21 Å². The number of nitriles is 1. The maximum absolute atomic E-state index is 14.1. The van der Waals surface area contributed by atoms with Crippen molar-refractivity contribution in [2.75, 3.05) is 32.1 Å². The lowest BCUT2D eigenvalue weighted by Gasteiger charge is -2.37. The van der Waals surface area contributed by atoms with Crippen LogP contribution in [0.2, 0.25) is 0 Å². The molecule has 0 aliphatic carbocycles. The Morgan fingerprint density at radius 2 is 1.93 bits per heavy atom. The topological polar surface area (TPSA) is 123 Å². The van der Waals surface area contributed by atoms with Crippen LogP contribution in [-0.4, -0.2) is 67.7 Å². The molecule has 40 heavy (non-hydrogen) atoms. The van der Waals surface area contributed by atoms with E-state index < -0.39 is 39.9 Å². The summed E-state index contributed by atoms with van der Waals surface area (Å²) in [6.45, 7) is 3.17. The predicted molar refractivity (Wildman–Crippen MR) is 149 cm³/mol. The van der Waals surface area contributed by atoms with E-state index in [-0.39, 0.29) is 36.0 Å². The second-order valence-corrected chi connectivity index (χ2v) is 11.7. The number of amides is 2. The van der Waals surface area contributed by atoms with Gasteiger partial charge in [-0.25, -0.2) is 17.6 Å². The first-order chi connectivity index (χ1) is 19.0. The Hall–Kier alpha value is -3.98. The molecule has 0 saturated carbocycles. The summed E-state index contributed by atoms with van der Waals surface area (Å²) in [6.07, 6.45) is -0.653. The Morgan fingerprint density at radius 3 is 2.62 bits per heavy atom. The number of urea groups is 1. The number of rotatable bonds is 6. The zero-order valence-electron chi connectivity index (χ0n) is 22.4. The lowest BCUT2D eigenvalue weighted by molar-refractivity contribution is 0.0830. The Labute approximate surface area is 233 Å². The molecule has 0 radical (unpaired) electrons. The normalized spacial score (nSPS) is 19.2. The fourth-order valence-electron chi connectivity index (χ4n) is 4.52. The Morgan fingerprint density at radius 1 is 1.20 bits per heavy atom. The molecule has 3 aromatic rings. The van der Waals surface area contributed by atoms with E-state index in [2.05, 4.69) is 11.4 Å². The minimum atomic E-state index is -4.05. The molecule has 0 saturated heterocycles. The zero-order valence-corrected chi connectivity index (χ0v) is 23.2. The number of nitrogens with one attached hydrogen (secondary N) is 1. The summed E-state index contributed by atoms with van der Waals surface area (Å²) in [5.74, 6) is -0.874. The van der Waals surface area contributed by atoms with Crippen LogP contribution in [0.1, 0.15) is 19.4 Å². The highest BCUT2D eigenvalue weighted by molar-refractivity contribution is 7.89. The molecular formula is C29H31FN4O5S. The van der Waals surface area contributed by atoms with Crippen LogP contribution in [0, 0.1) is 23.1 Å². The molecule has 0 unspecified atom stereocenters. The number of nitrogens with zero attached hydrogens (tertiary/aromatic N) is 3. The molecule has 11 heteroatoms. The summed E-state index contributed by atoms with van der Waals surface area (Å²) in [6, 6.07) is 18.3. The van der Waals surface area contributed by atoms with Crippen LogP contribution >= 0.6 is 0 Å². The average Bonchev–Trinajstić information content (AvgIpc) is 2.95. The summed E-state index contributed by atoms with van der Waals surface area (Å²) in [5.41, 5.74) is 1.84. The molecule has 3 aromatic carbocycles. The van der Waals surface area contributed by atoms with Crippen LogP contribution in [0.15, 0.2) is 71.6 Å². The SMILES string of the molecule is C[C@@H]1CN([C@@H](C)CO)S(=O)(=O)c2ccc(-c3cccc(C#N)c3)cc2O[C@@H]1CN(C)C(=O)Nc1ccccc1F. The highest BCUT2D eigenvalue weighted by Crippen LogP contribution is 2.36. The number of para-hydroxylation sites is 1. The van der Waals surface area contributed by atoms with Crippen molar-refractivity contribution in [2.24, 2.45) is 5.92 Å². The van der Waals surface area contributed by atoms with Gasteiger partial charge in [0.1, 0.15) is 22.6 Å². The molecule has 1 aliphatic rings. The third-order valence-corrected chi connectivity index (χ3v) is 8.93. The standard InChI is InChI=1S/C29H31FN4O5S/c1-19-16-34(20(2)18-35)40(37,38)28-12-11-23(22-8-6-7-21(13-22)15-31)14-26(28)39-27(19)17-33(3)29(36)32-25-10-5-4-9-24(25)30/h4-14,19-20,27,35H,16-18H2,1-3H3,(H,32,36)/t19-,20+,27-/m1/s1. The third kappa shape index (κ3) is 6.09. The number of benzene rings is 3. The van der Waals surface area contributed by atoms with Gasteiger partial charge >= 0.3 is 6.03 Å². The van der Waals surface area contributed by atoms with Crippen LogP contribution in [0.4, 0.5) is 14.9 Å². The van der Waals surface area contributed by atoms with Gasteiger partial charge < -0.3 is 20.1 Å². The van der Waals surface area contributed by atoms with Gasteiger partial charge in [-0.05, 0) is 54.4 Å². The van der Waals surface area contributed by atoms with Gasteiger partial charge in [-0.1, -0.05) is 37.3 Å². The summed E-state index contributed by atoms with van der Waals surface area (Å²) >= 11 is 0. The molecule has 9 nitrogen and oxygen atoms in total. The molecule has 0 fully saturated rings. The molecule has 2 N–H and O–H groups in total. The Kier molecular flexibility index (Phi) is 8.73. The van der Waals surface area contributed by atoms with Crippen molar-refractivity contribution in [3.63, 3.8) is 0 Å². The first-order valence-corrected chi connectivity index (χ1v) is 14.2. The average molecular weight is 567 g/mol. The molecule has 0 bridgehead atoms. The number of hydrogen-bond acceptors (Lipinski definition) is 6. The number of anilines is 1. The smallest absolute Gasteiger partial charge is 0.321 e. The highest BCUT2D eigenvalue weighted by Gasteiger charge is 2.38. The van der Waals surface area contributed by atoms with E-state index in [1.165, 1.54) is 33.5 Å². The number of ether oxygens (including phenoxy) is 1. The summed E-state index contributed by atoms with van der Waals surface area (Å²) in [7, 11) is -2.51. The number of sulfonamides is 1. The number of aliphatic hydroxyl groups is 1. The third-order valence-electron chi connectivity index (χ3n) is 6.91. The van der Waals surface area contributed by atoms with Crippen LogP contribution in [0.3, 0.4) is 0 Å². The molecule has 2 amide bonds. The zero-order chi connectivity index (χ0) is 29.0. The van der Waals surface area contributed by atoms with Gasteiger partial charge in [-0.3, -0.25) is 0 Å². The fourth-order valence-corrected chi connectivity index (χ4v) is 6.34.